The van der Waals surface area contributed by atoms with Gasteiger partial charge in [-0.2, -0.15) is 0 Å². The fourth-order valence-electron chi connectivity index (χ4n) is 4.31. The van der Waals surface area contributed by atoms with Gasteiger partial charge in [-0.3, -0.25) is 0 Å². The van der Waals surface area contributed by atoms with Gasteiger partial charge in [-0.25, -0.2) is 4.39 Å². The molecule has 2 heteroatoms. The molecular formula is C24H27FS. The van der Waals surface area contributed by atoms with E-state index < -0.39 is 0 Å². The Morgan fingerprint density at radius 1 is 1.12 bits per heavy atom. The molecule has 0 nitrogen and oxygen atoms in total. The van der Waals surface area contributed by atoms with E-state index in [4.69, 9.17) is 0 Å². The summed E-state index contributed by atoms with van der Waals surface area (Å²) in [5.41, 5.74) is 5.38. The second-order valence-electron chi connectivity index (χ2n) is 8.02. The largest absolute Gasteiger partial charge is 0.207 e. The number of benzene rings is 2. The normalized spacial score (nSPS) is 16.0. The minimum Gasteiger partial charge on any atom is -0.207 e. The van der Waals surface area contributed by atoms with Crippen molar-refractivity contribution >= 4 is 21.4 Å². The molecule has 0 bridgehead atoms. The van der Waals surface area contributed by atoms with Crippen LogP contribution in [0.15, 0.2) is 36.4 Å². The van der Waals surface area contributed by atoms with Gasteiger partial charge in [-0.15, -0.1) is 11.3 Å². The Labute approximate surface area is 160 Å². The molecule has 26 heavy (non-hydrogen) atoms. The van der Waals surface area contributed by atoms with Crippen molar-refractivity contribution in [2.75, 3.05) is 0 Å². The quantitative estimate of drug-likeness (QED) is 0.434. The van der Waals surface area contributed by atoms with Crippen LogP contribution in [0.4, 0.5) is 4.39 Å². The molecule has 0 aliphatic heterocycles. The lowest BCUT2D eigenvalue weighted by molar-refractivity contribution is 0.211. The second kappa shape index (κ2) is 7.15. The van der Waals surface area contributed by atoms with E-state index in [9.17, 15) is 4.39 Å². The number of halogens is 1. The molecule has 0 radical (unpaired) electrons. The molecule has 1 atom stereocenters. The fourth-order valence-corrected chi connectivity index (χ4v) is 5.42. The molecular weight excluding hydrogens is 339 g/mol. The second-order valence-corrected chi connectivity index (χ2v) is 9.28. The maximum Gasteiger partial charge on any atom is 0.124 e. The topological polar surface area (TPSA) is 0 Å². The van der Waals surface area contributed by atoms with E-state index >= 15 is 0 Å². The first kappa shape index (κ1) is 17.7. The van der Waals surface area contributed by atoms with Crippen LogP contribution in [0.1, 0.15) is 48.6 Å². The average molecular weight is 367 g/mol. The third-order valence-electron chi connectivity index (χ3n) is 6.28. The summed E-state index contributed by atoms with van der Waals surface area (Å²) in [6.07, 6.45) is 6.78. The first-order valence-corrected chi connectivity index (χ1v) is 10.6. The maximum absolute atomic E-state index is 13.5. The van der Waals surface area contributed by atoms with Crippen molar-refractivity contribution in [3.63, 3.8) is 0 Å². The number of fused-ring (bicyclic) bond motifs is 1. The lowest BCUT2D eigenvalue weighted by Gasteiger charge is -2.31. The smallest absolute Gasteiger partial charge is 0.124 e. The van der Waals surface area contributed by atoms with Crippen LogP contribution in [0.25, 0.3) is 21.2 Å². The van der Waals surface area contributed by atoms with E-state index in [0.29, 0.717) is 0 Å². The van der Waals surface area contributed by atoms with Crippen LogP contribution in [0, 0.1) is 31.5 Å². The first-order valence-electron chi connectivity index (χ1n) is 9.81. The summed E-state index contributed by atoms with van der Waals surface area (Å²) in [6.45, 7) is 6.80. The lowest BCUT2D eigenvalue weighted by Crippen LogP contribution is -2.20. The van der Waals surface area contributed by atoms with E-state index in [1.54, 1.807) is 23.5 Å². The molecule has 1 heterocycles. The Morgan fingerprint density at radius 2 is 1.92 bits per heavy atom. The predicted molar refractivity (Wildman–Crippen MR) is 112 cm³/mol. The van der Waals surface area contributed by atoms with Crippen LogP contribution in [0.5, 0.6) is 0 Å². The third-order valence-corrected chi connectivity index (χ3v) is 7.35. The van der Waals surface area contributed by atoms with Gasteiger partial charge in [-0.05, 0) is 73.4 Å². The van der Waals surface area contributed by atoms with E-state index in [2.05, 4.69) is 39.0 Å². The Kier molecular flexibility index (Phi) is 4.88. The van der Waals surface area contributed by atoms with Crippen molar-refractivity contribution in [2.24, 2.45) is 11.8 Å². The van der Waals surface area contributed by atoms with Gasteiger partial charge in [0.1, 0.15) is 5.82 Å². The van der Waals surface area contributed by atoms with Gasteiger partial charge in [0.25, 0.3) is 0 Å². The van der Waals surface area contributed by atoms with Gasteiger partial charge >= 0.3 is 0 Å². The van der Waals surface area contributed by atoms with Crippen LogP contribution < -0.4 is 0 Å². The minimum absolute atomic E-state index is 0.155. The molecule has 136 valence electrons. The van der Waals surface area contributed by atoms with Crippen molar-refractivity contribution < 1.29 is 4.39 Å². The van der Waals surface area contributed by atoms with Crippen LogP contribution in [-0.2, 0) is 6.42 Å². The summed E-state index contributed by atoms with van der Waals surface area (Å²) in [5.74, 6) is 1.66. The minimum atomic E-state index is -0.155. The van der Waals surface area contributed by atoms with Crippen LogP contribution in [-0.4, -0.2) is 0 Å². The number of rotatable bonds is 5. The summed E-state index contributed by atoms with van der Waals surface area (Å²) >= 11 is 1.68. The summed E-state index contributed by atoms with van der Waals surface area (Å²) in [7, 11) is 0. The van der Waals surface area contributed by atoms with Gasteiger partial charge in [0.05, 0.1) is 0 Å². The predicted octanol–water partition coefficient (Wildman–Crippen LogP) is 7.69. The number of hydrogen-bond donors (Lipinski definition) is 0. The number of aryl methyl sites for hydroxylation is 3. The molecule has 0 amide bonds. The van der Waals surface area contributed by atoms with Gasteiger partial charge in [0.2, 0.25) is 0 Å². The molecule has 3 aromatic rings. The molecule has 1 aromatic heterocycles. The molecule has 4 rings (SSSR count). The van der Waals surface area contributed by atoms with Crippen molar-refractivity contribution in [1.29, 1.82) is 0 Å². The zero-order valence-corrected chi connectivity index (χ0v) is 16.8. The highest BCUT2D eigenvalue weighted by molar-refractivity contribution is 7.19. The molecule has 1 fully saturated rings. The summed E-state index contributed by atoms with van der Waals surface area (Å²) < 4.78 is 14.6. The van der Waals surface area contributed by atoms with Crippen LogP contribution in [0.3, 0.4) is 0 Å². The zero-order valence-electron chi connectivity index (χ0n) is 15.9. The molecule has 1 saturated carbocycles. The molecule has 0 saturated heterocycles. The van der Waals surface area contributed by atoms with Gasteiger partial charge in [-0.1, -0.05) is 44.4 Å². The standard InChI is InChI=1S/C24H27FS/c1-15(18-5-4-6-18)7-8-19-9-10-20(13-16(19)2)24-17(3)26-23-14-21(25)11-12-22(23)24/h9-15,18H,4-8H2,1-3H3. The Hall–Kier alpha value is -1.67. The third kappa shape index (κ3) is 3.32. The van der Waals surface area contributed by atoms with Crippen molar-refractivity contribution in [3.8, 4) is 11.1 Å². The number of hydrogen-bond acceptors (Lipinski definition) is 1. The molecule has 1 unspecified atom stereocenters. The van der Waals surface area contributed by atoms with E-state index in [1.807, 2.05) is 6.07 Å². The molecule has 1 aliphatic rings. The lowest BCUT2D eigenvalue weighted by atomic mass is 9.74. The van der Waals surface area contributed by atoms with E-state index in [1.165, 1.54) is 64.6 Å². The van der Waals surface area contributed by atoms with Crippen molar-refractivity contribution in [1.82, 2.24) is 0 Å². The van der Waals surface area contributed by atoms with Crippen molar-refractivity contribution in [2.45, 2.75) is 52.9 Å². The molecule has 2 aromatic carbocycles. The van der Waals surface area contributed by atoms with Gasteiger partial charge < -0.3 is 0 Å². The van der Waals surface area contributed by atoms with Gasteiger partial charge in [0, 0.05) is 20.5 Å². The summed E-state index contributed by atoms with van der Waals surface area (Å²) in [6, 6.07) is 12.0. The average Bonchev–Trinajstić information content (AvgIpc) is 2.86. The van der Waals surface area contributed by atoms with Crippen molar-refractivity contribution in [3.05, 3.63) is 58.2 Å². The van der Waals surface area contributed by atoms with E-state index in [-0.39, 0.29) is 5.82 Å². The van der Waals surface area contributed by atoms with Crippen LogP contribution in [0.2, 0.25) is 0 Å². The highest BCUT2D eigenvalue weighted by atomic mass is 32.1. The number of thiophene rings is 1. The Morgan fingerprint density at radius 3 is 2.62 bits per heavy atom. The molecule has 0 spiro atoms. The molecule has 0 N–H and O–H groups in total. The van der Waals surface area contributed by atoms with E-state index in [0.717, 1.165) is 16.5 Å². The fraction of sp³-hybridized carbons (Fsp3) is 0.417. The van der Waals surface area contributed by atoms with Crippen LogP contribution >= 0.6 is 11.3 Å². The zero-order chi connectivity index (χ0) is 18.3. The monoisotopic (exact) mass is 366 g/mol. The van der Waals surface area contributed by atoms with Gasteiger partial charge in [0.15, 0.2) is 0 Å². The summed E-state index contributed by atoms with van der Waals surface area (Å²) in [4.78, 5) is 1.26. The SMILES string of the molecule is Cc1cc(-c2c(C)sc3cc(F)ccc23)ccc1CCC(C)C1CCC1. The Balaban J connectivity index is 1.59. The summed E-state index contributed by atoms with van der Waals surface area (Å²) in [5, 5.41) is 1.17. The molecule has 1 aliphatic carbocycles. The maximum atomic E-state index is 13.5. The first-order chi connectivity index (χ1) is 12.5. The highest BCUT2D eigenvalue weighted by Gasteiger charge is 2.23. The highest BCUT2D eigenvalue weighted by Crippen LogP contribution is 2.39. The Bertz CT molecular complexity index is 933.